The molecule has 0 aliphatic rings. The first-order chi connectivity index (χ1) is 16.9. The second-order valence-corrected chi connectivity index (χ2v) is 8.94. The van der Waals surface area contributed by atoms with Crippen LogP contribution in [0.25, 0.3) is 10.9 Å². The summed E-state index contributed by atoms with van der Waals surface area (Å²) in [6, 6.07) is 18.0. The van der Waals surface area contributed by atoms with E-state index in [4.69, 9.17) is 32.7 Å². The van der Waals surface area contributed by atoms with Gasteiger partial charge in [-0.2, -0.15) is 0 Å². The lowest BCUT2D eigenvalue weighted by molar-refractivity contribution is -0.139. The Balaban J connectivity index is 1.47. The molecule has 0 fully saturated rings. The molecule has 0 spiro atoms. The Morgan fingerprint density at radius 2 is 1.89 bits per heavy atom. The van der Waals surface area contributed by atoms with Crippen molar-refractivity contribution < 1.29 is 19.4 Å². The van der Waals surface area contributed by atoms with Crippen LogP contribution < -0.4 is 14.8 Å². The van der Waals surface area contributed by atoms with Gasteiger partial charge < -0.3 is 24.9 Å². The number of para-hydroxylation sites is 1. The highest BCUT2D eigenvalue weighted by Crippen LogP contribution is 2.37. The van der Waals surface area contributed by atoms with Crippen LogP contribution in [-0.2, 0) is 24.4 Å². The highest BCUT2D eigenvalue weighted by atomic mass is 35.5. The maximum atomic E-state index is 12.0. The predicted octanol–water partition coefficient (Wildman–Crippen LogP) is 6.24. The van der Waals surface area contributed by atoms with Gasteiger partial charge in [0.05, 0.1) is 11.6 Å². The number of ether oxygens (including phenoxy) is 2. The SMILES string of the molecule is CCOc1cc(CN[C@H](Cc2c[nH]c3ccccc23)C(=O)O)cc(Cl)c1OCc1cccc(Cl)c1. The van der Waals surface area contributed by atoms with Crippen molar-refractivity contribution in [2.24, 2.45) is 0 Å². The molecule has 0 saturated heterocycles. The molecule has 0 bridgehead atoms. The number of carbonyl (C=O) groups is 1. The van der Waals surface area contributed by atoms with Crippen molar-refractivity contribution in [2.45, 2.75) is 32.5 Å². The van der Waals surface area contributed by atoms with E-state index in [9.17, 15) is 9.90 Å². The molecule has 1 aromatic heterocycles. The Labute approximate surface area is 213 Å². The van der Waals surface area contributed by atoms with E-state index in [1.54, 1.807) is 12.1 Å². The minimum atomic E-state index is -0.923. The lowest BCUT2D eigenvalue weighted by atomic mass is 10.0. The van der Waals surface area contributed by atoms with Gasteiger partial charge in [0.2, 0.25) is 0 Å². The van der Waals surface area contributed by atoms with Crippen LogP contribution in [0.15, 0.2) is 66.9 Å². The number of aliphatic carboxylic acids is 1. The number of hydrogen-bond donors (Lipinski definition) is 3. The van der Waals surface area contributed by atoms with E-state index in [0.717, 1.165) is 27.6 Å². The number of benzene rings is 3. The molecule has 0 unspecified atom stereocenters. The molecule has 3 N–H and O–H groups in total. The molecule has 4 aromatic rings. The van der Waals surface area contributed by atoms with E-state index in [2.05, 4.69) is 10.3 Å². The molecule has 0 aliphatic heterocycles. The van der Waals surface area contributed by atoms with Crippen LogP contribution in [0.4, 0.5) is 0 Å². The summed E-state index contributed by atoms with van der Waals surface area (Å²) in [5, 5.41) is 15.0. The van der Waals surface area contributed by atoms with E-state index in [-0.39, 0.29) is 6.61 Å². The second-order valence-electron chi connectivity index (χ2n) is 8.09. The third-order valence-corrected chi connectivity index (χ3v) is 6.11. The highest BCUT2D eigenvalue weighted by molar-refractivity contribution is 6.32. The highest BCUT2D eigenvalue weighted by Gasteiger charge is 2.20. The van der Waals surface area contributed by atoms with E-state index >= 15 is 0 Å². The third-order valence-electron chi connectivity index (χ3n) is 5.59. The van der Waals surface area contributed by atoms with Crippen LogP contribution in [0, 0.1) is 0 Å². The summed E-state index contributed by atoms with van der Waals surface area (Å²) in [5.41, 5.74) is 3.62. The standard InChI is InChI=1S/C27H26Cl2N2O4/c1-2-34-25-12-18(11-22(29)26(25)35-16-17-6-5-7-20(28)10-17)14-30-24(27(32)33)13-19-15-31-23-9-4-3-8-21(19)23/h3-12,15,24,30-31H,2,13-14,16H2,1H3,(H,32,33)/t24-/m1/s1. The van der Waals surface area contributed by atoms with Crippen molar-refractivity contribution in [3.63, 3.8) is 0 Å². The molecule has 8 heteroatoms. The smallest absolute Gasteiger partial charge is 0.321 e. The Morgan fingerprint density at radius 1 is 1.06 bits per heavy atom. The van der Waals surface area contributed by atoms with Crippen molar-refractivity contribution in [3.8, 4) is 11.5 Å². The van der Waals surface area contributed by atoms with Crippen molar-refractivity contribution in [1.82, 2.24) is 10.3 Å². The minimum Gasteiger partial charge on any atom is -0.490 e. The maximum absolute atomic E-state index is 12.0. The number of carboxylic acid groups (broad SMARTS) is 1. The Hall–Kier alpha value is -3.19. The van der Waals surface area contributed by atoms with Crippen LogP contribution in [0.1, 0.15) is 23.6 Å². The van der Waals surface area contributed by atoms with Gasteiger partial charge in [-0.15, -0.1) is 0 Å². The van der Waals surface area contributed by atoms with Crippen molar-refractivity contribution in [3.05, 3.63) is 93.6 Å². The summed E-state index contributed by atoms with van der Waals surface area (Å²) in [7, 11) is 0. The molecule has 1 atom stereocenters. The molecule has 3 aromatic carbocycles. The molecule has 0 aliphatic carbocycles. The topological polar surface area (TPSA) is 83.6 Å². The Kier molecular flexibility index (Phi) is 8.18. The lowest BCUT2D eigenvalue weighted by Crippen LogP contribution is -2.38. The summed E-state index contributed by atoms with van der Waals surface area (Å²) in [6.07, 6.45) is 2.20. The Bertz CT molecular complexity index is 1320. The quantitative estimate of drug-likeness (QED) is 0.221. The fraction of sp³-hybridized carbons (Fsp3) is 0.222. The van der Waals surface area contributed by atoms with Crippen LogP contribution in [0.5, 0.6) is 11.5 Å². The number of H-pyrrole nitrogens is 1. The van der Waals surface area contributed by atoms with Gasteiger partial charge in [0, 0.05) is 35.1 Å². The summed E-state index contributed by atoms with van der Waals surface area (Å²) in [6.45, 7) is 2.89. The molecule has 6 nitrogen and oxygen atoms in total. The molecule has 35 heavy (non-hydrogen) atoms. The van der Waals surface area contributed by atoms with Crippen molar-refractivity contribution >= 4 is 40.1 Å². The fourth-order valence-electron chi connectivity index (χ4n) is 3.92. The van der Waals surface area contributed by atoms with Gasteiger partial charge in [-0.1, -0.05) is 53.5 Å². The maximum Gasteiger partial charge on any atom is 0.321 e. The van der Waals surface area contributed by atoms with Crippen LogP contribution in [0.2, 0.25) is 10.0 Å². The molecule has 4 rings (SSSR count). The number of nitrogens with one attached hydrogen (secondary N) is 2. The average Bonchev–Trinajstić information content (AvgIpc) is 3.24. The molecule has 182 valence electrons. The fourth-order valence-corrected chi connectivity index (χ4v) is 4.42. The van der Waals surface area contributed by atoms with E-state index in [1.807, 2.05) is 61.7 Å². The first-order valence-corrected chi connectivity index (χ1v) is 12.0. The van der Waals surface area contributed by atoms with Gasteiger partial charge in [-0.25, -0.2) is 0 Å². The van der Waals surface area contributed by atoms with Gasteiger partial charge in [-0.05, 0) is 53.9 Å². The first-order valence-electron chi connectivity index (χ1n) is 11.3. The normalized spacial score (nSPS) is 12.0. The van der Waals surface area contributed by atoms with Crippen LogP contribution in [0.3, 0.4) is 0 Å². The first kappa shape index (κ1) is 24.9. The van der Waals surface area contributed by atoms with Gasteiger partial charge in [-0.3, -0.25) is 4.79 Å². The number of aromatic amines is 1. The summed E-state index contributed by atoms with van der Waals surface area (Å²) < 4.78 is 11.7. The molecule has 0 saturated carbocycles. The average molecular weight is 513 g/mol. The van der Waals surface area contributed by atoms with E-state index in [0.29, 0.717) is 41.1 Å². The van der Waals surface area contributed by atoms with Crippen molar-refractivity contribution in [1.29, 1.82) is 0 Å². The summed E-state index contributed by atoms with van der Waals surface area (Å²) in [4.78, 5) is 15.2. The number of halogens is 2. The minimum absolute atomic E-state index is 0.281. The van der Waals surface area contributed by atoms with E-state index in [1.165, 1.54) is 0 Å². The lowest BCUT2D eigenvalue weighted by Gasteiger charge is -2.18. The number of fused-ring (bicyclic) bond motifs is 1. The van der Waals surface area contributed by atoms with Crippen molar-refractivity contribution in [2.75, 3.05) is 6.61 Å². The van der Waals surface area contributed by atoms with Crippen LogP contribution >= 0.6 is 23.2 Å². The van der Waals surface area contributed by atoms with Gasteiger partial charge in [0.15, 0.2) is 11.5 Å². The molecule has 1 heterocycles. The summed E-state index contributed by atoms with van der Waals surface area (Å²) in [5.74, 6) is 0.0148. The Morgan fingerprint density at radius 3 is 2.66 bits per heavy atom. The van der Waals surface area contributed by atoms with Gasteiger partial charge in [0.1, 0.15) is 12.6 Å². The van der Waals surface area contributed by atoms with Gasteiger partial charge >= 0.3 is 5.97 Å². The van der Waals surface area contributed by atoms with Gasteiger partial charge in [0.25, 0.3) is 0 Å². The predicted molar refractivity (Wildman–Crippen MR) is 139 cm³/mol. The molecule has 0 radical (unpaired) electrons. The number of rotatable bonds is 11. The third kappa shape index (κ3) is 6.28. The summed E-state index contributed by atoms with van der Waals surface area (Å²) >= 11 is 12.6. The second kappa shape index (κ2) is 11.5. The zero-order valence-electron chi connectivity index (χ0n) is 19.2. The number of carboxylic acids is 1. The number of aromatic nitrogens is 1. The van der Waals surface area contributed by atoms with E-state index < -0.39 is 12.0 Å². The number of hydrogen-bond acceptors (Lipinski definition) is 4. The monoisotopic (exact) mass is 512 g/mol. The zero-order valence-corrected chi connectivity index (χ0v) is 20.7. The molecular formula is C27H26Cl2N2O4. The largest absolute Gasteiger partial charge is 0.490 e. The van der Waals surface area contributed by atoms with Crippen LogP contribution in [-0.4, -0.2) is 28.7 Å². The molecule has 0 amide bonds. The zero-order chi connectivity index (χ0) is 24.8. The molecular weight excluding hydrogens is 487 g/mol.